The van der Waals surface area contributed by atoms with Crippen molar-refractivity contribution in [3.8, 4) is 0 Å². The Morgan fingerprint density at radius 3 is 2.65 bits per heavy atom. The van der Waals surface area contributed by atoms with E-state index in [1.165, 1.54) is 0 Å². The number of likely N-dealkylation sites (N-methyl/N-ethyl adjacent to an activating group) is 1. The number of carbonyl (C=O) groups excluding carboxylic acids is 1. The minimum atomic E-state index is -1.08. The molecule has 0 aliphatic rings. The van der Waals surface area contributed by atoms with E-state index < -0.39 is 11.9 Å². The molecule has 1 amide bonds. The lowest BCUT2D eigenvalue weighted by molar-refractivity contribution is -0.116. The van der Waals surface area contributed by atoms with E-state index >= 15 is 0 Å². The lowest BCUT2D eigenvalue weighted by Crippen LogP contribution is -2.35. The van der Waals surface area contributed by atoms with Crippen LogP contribution in [-0.4, -0.2) is 35.1 Å². The van der Waals surface area contributed by atoms with Crippen LogP contribution in [0.15, 0.2) is 30.3 Å². The van der Waals surface area contributed by atoms with Crippen molar-refractivity contribution in [1.29, 1.82) is 0 Å². The zero-order valence-corrected chi connectivity index (χ0v) is 11.0. The summed E-state index contributed by atoms with van der Waals surface area (Å²) in [4.78, 5) is 28.4. The summed E-state index contributed by atoms with van der Waals surface area (Å²) >= 11 is 0. The number of amides is 1. The van der Waals surface area contributed by atoms with Crippen molar-refractivity contribution < 1.29 is 14.7 Å². The highest BCUT2D eigenvalue weighted by atomic mass is 16.4. The number of nitrogens with two attached hydrogens (primary N) is 1. The molecule has 0 unspecified atom stereocenters. The molecule has 1 aromatic carbocycles. The first-order chi connectivity index (χ1) is 9.52. The zero-order valence-electron chi connectivity index (χ0n) is 11.0. The van der Waals surface area contributed by atoms with Gasteiger partial charge in [0.1, 0.15) is 11.4 Å². The lowest BCUT2D eigenvalue weighted by atomic mass is 10.1. The number of anilines is 1. The Morgan fingerprint density at radius 2 is 2.05 bits per heavy atom. The van der Waals surface area contributed by atoms with Crippen LogP contribution in [0.5, 0.6) is 0 Å². The molecule has 6 heteroatoms. The number of aromatic nitrogens is 1. The second-order valence-corrected chi connectivity index (χ2v) is 4.34. The van der Waals surface area contributed by atoms with Gasteiger partial charge in [-0.3, -0.25) is 4.79 Å². The summed E-state index contributed by atoms with van der Waals surface area (Å²) in [7, 11) is 0. The van der Waals surface area contributed by atoms with Gasteiger partial charge in [-0.05, 0) is 19.1 Å². The van der Waals surface area contributed by atoms with Crippen LogP contribution in [0.25, 0.3) is 10.9 Å². The number of hydrogen-bond acceptors (Lipinski definition) is 4. The topological polar surface area (TPSA) is 96.5 Å². The van der Waals surface area contributed by atoms with Crippen LogP contribution in [0.4, 0.5) is 5.82 Å². The van der Waals surface area contributed by atoms with Crippen LogP contribution in [0, 0.1) is 0 Å². The van der Waals surface area contributed by atoms with E-state index in [0.29, 0.717) is 12.1 Å². The van der Waals surface area contributed by atoms with Gasteiger partial charge in [0.25, 0.3) is 0 Å². The highest BCUT2D eigenvalue weighted by molar-refractivity contribution is 5.98. The van der Waals surface area contributed by atoms with Gasteiger partial charge in [-0.1, -0.05) is 18.2 Å². The number of carboxylic acids is 1. The number of aromatic carboxylic acids is 1. The van der Waals surface area contributed by atoms with Crippen LogP contribution in [0.1, 0.15) is 17.3 Å². The maximum atomic E-state index is 11.4. The first-order valence-corrected chi connectivity index (χ1v) is 6.19. The van der Waals surface area contributed by atoms with E-state index in [2.05, 4.69) is 4.98 Å². The average molecular weight is 273 g/mol. The second kappa shape index (κ2) is 5.56. The SMILES string of the molecule is CCN(CC(N)=O)c1nc2ccccc2cc1C(=O)O. The van der Waals surface area contributed by atoms with Crippen molar-refractivity contribution in [3.63, 3.8) is 0 Å². The molecule has 0 aliphatic heterocycles. The molecule has 0 saturated carbocycles. The molecule has 2 rings (SSSR count). The third kappa shape index (κ3) is 2.69. The van der Waals surface area contributed by atoms with Crippen molar-refractivity contribution in [2.75, 3.05) is 18.0 Å². The van der Waals surface area contributed by atoms with Crippen LogP contribution in [0.3, 0.4) is 0 Å². The molecule has 0 aliphatic carbocycles. The Labute approximate surface area is 115 Å². The van der Waals surface area contributed by atoms with Crippen molar-refractivity contribution in [2.24, 2.45) is 5.73 Å². The Morgan fingerprint density at radius 1 is 1.35 bits per heavy atom. The van der Waals surface area contributed by atoms with Crippen LogP contribution in [0.2, 0.25) is 0 Å². The number of fused-ring (bicyclic) bond motifs is 1. The van der Waals surface area contributed by atoms with Gasteiger partial charge in [-0.2, -0.15) is 0 Å². The predicted octanol–water partition coefficient (Wildman–Crippen LogP) is 1.24. The van der Waals surface area contributed by atoms with Gasteiger partial charge in [0.2, 0.25) is 5.91 Å². The van der Waals surface area contributed by atoms with Gasteiger partial charge in [-0.25, -0.2) is 9.78 Å². The second-order valence-electron chi connectivity index (χ2n) is 4.34. The zero-order chi connectivity index (χ0) is 14.7. The van der Waals surface area contributed by atoms with E-state index in [0.717, 1.165) is 5.39 Å². The summed E-state index contributed by atoms with van der Waals surface area (Å²) in [6, 6.07) is 8.79. The predicted molar refractivity (Wildman–Crippen MR) is 75.8 cm³/mol. The van der Waals surface area contributed by atoms with Gasteiger partial charge in [0.05, 0.1) is 12.1 Å². The molecular formula is C14H15N3O3. The third-order valence-corrected chi connectivity index (χ3v) is 2.96. The highest BCUT2D eigenvalue weighted by Crippen LogP contribution is 2.23. The molecule has 6 nitrogen and oxygen atoms in total. The molecule has 0 saturated heterocycles. The summed E-state index contributed by atoms with van der Waals surface area (Å²) in [5, 5.41) is 10.1. The number of para-hydroxylation sites is 1. The molecule has 3 N–H and O–H groups in total. The van der Waals surface area contributed by atoms with E-state index in [9.17, 15) is 14.7 Å². The number of nitrogens with zero attached hydrogens (tertiary/aromatic N) is 2. The van der Waals surface area contributed by atoms with Crippen molar-refractivity contribution in [1.82, 2.24) is 4.98 Å². The van der Waals surface area contributed by atoms with E-state index in [1.54, 1.807) is 23.1 Å². The molecule has 0 spiro atoms. The highest BCUT2D eigenvalue weighted by Gasteiger charge is 2.19. The molecule has 0 bridgehead atoms. The Balaban J connectivity index is 2.61. The van der Waals surface area contributed by atoms with Gasteiger partial charge >= 0.3 is 5.97 Å². The smallest absolute Gasteiger partial charge is 0.339 e. The van der Waals surface area contributed by atoms with E-state index in [-0.39, 0.29) is 17.9 Å². The largest absolute Gasteiger partial charge is 0.478 e. The summed E-state index contributed by atoms with van der Waals surface area (Å²) in [6.07, 6.45) is 0. The Hall–Kier alpha value is -2.63. The van der Waals surface area contributed by atoms with Gasteiger partial charge < -0.3 is 15.7 Å². The van der Waals surface area contributed by atoms with Crippen LogP contribution >= 0.6 is 0 Å². The number of primary amides is 1. The third-order valence-electron chi connectivity index (χ3n) is 2.96. The molecule has 0 fully saturated rings. The molecule has 1 heterocycles. The summed E-state index contributed by atoms with van der Waals surface area (Å²) in [5.74, 6) is -1.35. The summed E-state index contributed by atoms with van der Waals surface area (Å²) < 4.78 is 0. The summed E-state index contributed by atoms with van der Waals surface area (Å²) in [6.45, 7) is 2.18. The molecule has 0 radical (unpaired) electrons. The number of pyridine rings is 1. The minimum Gasteiger partial charge on any atom is -0.478 e. The van der Waals surface area contributed by atoms with Crippen molar-refractivity contribution >= 4 is 28.6 Å². The fraction of sp³-hybridized carbons (Fsp3) is 0.214. The Kier molecular flexibility index (Phi) is 3.84. The summed E-state index contributed by atoms with van der Waals surface area (Å²) in [5.41, 5.74) is 5.93. The fourth-order valence-electron chi connectivity index (χ4n) is 2.03. The Bertz CT molecular complexity index is 670. The number of hydrogen-bond donors (Lipinski definition) is 2. The van der Waals surface area contributed by atoms with Crippen LogP contribution in [-0.2, 0) is 4.79 Å². The lowest BCUT2D eigenvalue weighted by Gasteiger charge is -2.22. The number of carboxylic acid groups (broad SMARTS) is 1. The van der Waals surface area contributed by atoms with Gasteiger partial charge in [0, 0.05) is 11.9 Å². The molecule has 2 aromatic rings. The molecule has 1 aromatic heterocycles. The average Bonchev–Trinajstić information content (AvgIpc) is 2.43. The normalized spacial score (nSPS) is 10.4. The van der Waals surface area contributed by atoms with E-state index in [1.807, 2.05) is 19.1 Å². The first-order valence-electron chi connectivity index (χ1n) is 6.19. The molecule has 104 valence electrons. The maximum absolute atomic E-state index is 11.4. The maximum Gasteiger partial charge on any atom is 0.339 e. The monoisotopic (exact) mass is 273 g/mol. The molecular weight excluding hydrogens is 258 g/mol. The number of carbonyl (C=O) groups is 2. The number of benzene rings is 1. The minimum absolute atomic E-state index is 0.0619. The van der Waals surface area contributed by atoms with E-state index in [4.69, 9.17) is 5.73 Å². The number of rotatable bonds is 5. The van der Waals surface area contributed by atoms with Gasteiger partial charge in [0.15, 0.2) is 0 Å². The fourth-order valence-corrected chi connectivity index (χ4v) is 2.03. The van der Waals surface area contributed by atoms with Gasteiger partial charge in [-0.15, -0.1) is 0 Å². The quantitative estimate of drug-likeness (QED) is 0.854. The van der Waals surface area contributed by atoms with Crippen molar-refractivity contribution in [2.45, 2.75) is 6.92 Å². The standard InChI is InChI=1S/C14H15N3O3/c1-2-17(8-12(15)18)13-10(14(19)20)7-9-5-3-4-6-11(9)16-13/h3-7H,2,8H2,1H3,(H2,15,18)(H,19,20). The molecule has 0 atom stereocenters. The first kappa shape index (κ1) is 13.8. The molecule has 20 heavy (non-hydrogen) atoms. The van der Waals surface area contributed by atoms with Crippen molar-refractivity contribution in [3.05, 3.63) is 35.9 Å². The van der Waals surface area contributed by atoms with Crippen LogP contribution < -0.4 is 10.6 Å².